The number of rotatable bonds is 7. The highest BCUT2D eigenvalue weighted by molar-refractivity contribution is 6.12. The Balaban J connectivity index is 1.35. The van der Waals surface area contributed by atoms with Gasteiger partial charge in [-0.15, -0.1) is 0 Å². The summed E-state index contributed by atoms with van der Waals surface area (Å²) in [6.07, 6.45) is 5.52. The lowest BCUT2D eigenvalue weighted by Crippen LogP contribution is -2.17. The Kier molecular flexibility index (Phi) is 6.23. The maximum Gasteiger partial charge on any atom is 0.273 e. The zero-order valence-corrected chi connectivity index (χ0v) is 19.9. The van der Waals surface area contributed by atoms with Crippen LogP contribution in [0.15, 0.2) is 72.9 Å². The highest BCUT2D eigenvalue weighted by atomic mass is 16.2. The van der Waals surface area contributed by atoms with Crippen molar-refractivity contribution in [3.05, 3.63) is 107 Å². The number of hydrogen-bond acceptors (Lipinski definition) is 5. The van der Waals surface area contributed by atoms with Crippen LogP contribution >= 0.6 is 0 Å². The van der Waals surface area contributed by atoms with Crippen LogP contribution < -0.4 is 5.32 Å². The first-order chi connectivity index (χ1) is 17.5. The third kappa shape index (κ3) is 4.69. The number of nitrogens with one attached hydrogen (secondary N) is 2. The van der Waals surface area contributed by atoms with E-state index in [9.17, 15) is 9.59 Å². The van der Waals surface area contributed by atoms with Crippen LogP contribution in [0.2, 0.25) is 0 Å². The number of aromatic amines is 1. The van der Waals surface area contributed by atoms with Crippen LogP contribution in [-0.4, -0.2) is 36.7 Å². The summed E-state index contributed by atoms with van der Waals surface area (Å²) in [5.74, 6) is -0.421. The van der Waals surface area contributed by atoms with Crippen LogP contribution in [0.4, 0.5) is 5.69 Å². The van der Waals surface area contributed by atoms with E-state index in [0.29, 0.717) is 29.1 Å². The Morgan fingerprint density at radius 2 is 1.86 bits per heavy atom. The van der Waals surface area contributed by atoms with Crippen LogP contribution in [0.5, 0.6) is 0 Å². The third-order valence-electron chi connectivity index (χ3n) is 5.77. The van der Waals surface area contributed by atoms with Gasteiger partial charge in [-0.1, -0.05) is 24.3 Å². The van der Waals surface area contributed by atoms with E-state index in [4.69, 9.17) is 0 Å². The number of aryl methyl sites for hydroxylation is 2. The molecular weight excluding hydrogens is 452 g/mol. The number of fused-ring (bicyclic) bond motifs is 1. The first-order valence-corrected chi connectivity index (χ1v) is 11.6. The van der Waals surface area contributed by atoms with Gasteiger partial charge in [-0.25, -0.2) is 0 Å². The van der Waals surface area contributed by atoms with Gasteiger partial charge in [0.1, 0.15) is 5.69 Å². The Morgan fingerprint density at radius 3 is 2.67 bits per heavy atom. The van der Waals surface area contributed by atoms with Crippen molar-refractivity contribution in [3.63, 3.8) is 0 Å². The number of carbonyl (C=O) groups is 2. The first kappa shape index (κ1) is 22.9. The van der Waals surface area contributed by atoms with E-state index < -0.39 is 0 Å². The van der Waals surface area contributed by atoms with E-state index in [0.717, 1.165) is 28.0 Å². The van der Waals surface area contributed by atoms with Crippen molar-refractivity contribution in [2.24, 2.45) is 0 Å². The van der Waals surface area contributed by atoms with E-state index in [1.807, 2.05) is 50.3 Å². The maximum absolute atomic E-state index is 13.2. The molecule has 0 aliphatic carbocycles. The fraction of sp³-hybridized carbons (Fsp3) is 0.107. The largest absolute Gasteiger partial charge is 0.321 e. The summed E-state index contributed by atoms with van der Waals surface area (Å²) in [6, 6.07) is 19.8. The van der Waals surface area contributed by atoms with E-state index in [2.05, 4.69) is 25.6 Å². The minimum Gasteiger partial charge on any atom is -0.321 e. The second-order valence-corrected chi connectivity index (χ2v) is 8.31. The Bertz CT molecular complexity index is 1600. The molecule has 0 unspecified atom stereocenters. The molecule has 8 nitrogen and oxygen atoms in total. The van der Waals surface area contributed by atoms with E-state index >= 15 is 0 Å². The molecule has 0 radical (unpaired) electrons. The molecule has 0 aliphatic heterocycles. The van der Waals surface area contributed by atoms with Gasteiger partial charge in [0.05, 0.1) is 22.6 Å². The Hall–Kier alpha value is -4.85. The number of amides is 1. The van der Waals surface area contributed by atoms with E-state index in [1.54, 1.807) is 53.3 Å². The van der Waals surface area contributed by atoms with Crippen molar-refractivity contribution in [3.8, 4) is 0 Å². The van der Waals surface area contributed by atoms with Crippen molar-refractivity contribution in [2.45, 2.75) is 20.4 Å². The fourth-order valence-electron chi connectivity index (χ4n) is 4.02. The van der Waals surface area contributed by atoms with Crippen LogP contribution in [0.3, 0.4) is 0 Å². The van der Waals surface area contributed by atoms with E-state index in [1.165, 1.54) is 0 Å². The summed E-state index contributed by atoms with van der Waals surface area (Å²) < 4.78 is 1.65. The average Bonchev–Trinajstić information content (AvgIpc) is 3.50. The molecule has 5 rings (SSSR count). The SMILES string of the molecule is CCn1nc(C)cc1C(=O)Nc1cccc(C(=O)c2ccc3c(C=Cc4ccccn4)n[nH]c3c2)c1. The zero-order valence-electron chi connectivity index (χ0n) is 19.9. The molecule has 2 N–H and O–H groups in total. The molecule has 0 atom stereocenters. The predicted octanol–water partition coefficient (Wildman–Crippen LogP) is 5.14. The molecule has 0 spiro atoms. The molecule has 3 aromatic heterocycles. The minimum absolute atomic E-state index is 0.150. The van der Waals surface area contributed by atoms with Crippen LogP contribution in [0.1, 0.15) is 50.4 Å². The number of aromatic nitrogens is 5. The summed E-state index contributed by atoms with van der Waals surface area (Å²) in [7, 11) is 0. The van der Waals surface area contributed by atoms with Crippen molar-refractivity contribution in [2.75, 3.05) is 5.32 Å². The highest BCUT2D eigenvalue weighted by Crippen LogP contribution is 2.22. The number of benzene rings is 2. The average molecular weight is 477 g/mol. The standard InChI is InChI=1S/C28H24N6O2/c1-3-34-26(15-18(2)33-34)28(36)30-22-9-6-7-19(16-22)27(35)20-10-12-23-24(31-32-25(23)17-20)13-11-21-8-4-5-14-29-21/h4-17H,3H2,1-2H3,(H,30,36)(H,31,32). The monoisotopic (exact) mass is 476 g/mol. The second kappa shape index (κ2) is 9.79. The molecule has 0 saturated carbocycles. The lowest BCUT2D eigenvalue weighted by Gasteiger charge is -2.08. The quantitative estimate of drug-likeness (QED) is 0.317. The molecule has 178 valence electrons. The number of carbonyl (C=O) groups excluding carboxylic acids is 2. The van der Waals surface area contributed by atoms with Gasteiger partial charge in [-0.2, -0.15) is 10.2 Å². The van der Waals surface area contributed by atoms with Gasteiger partial charge in [0.2, 0.25) is 0 Å². The molecule has 0 aliphatic rings. The smallest absolute Gasteiger partial charge is 0.273 e. The molecule has 2 aromatic carbocycles. The molecule has 0 fully saturated rings. The van der Waals surface area contributed by atoms with Gasteiger partial charge < -0.3 is 5.32 Å². The van der Waals surface area contributed by atoms with Gasteiger partial charge in [-0.3, -0.25) is 24.4 Å². The number of H-pyrrole nitrogens is 1. The molecule has 36 heavy (non-hydrogen) atoms. The molecule has 1 amide bonds. The third-order valence-corrected chi connectivity index (χ3v) is 5.77. The second-order valence-electron chi connectivity index (χ2n) is 8.31. The molecule has 5 aromatic rings. The summed E-state index contributed by atoms with van der Waals surface area (Å²) >= 11 is 0. The first-order valence-electron chi connectivity index (χ1n) is 11.6. The molecule has 8 heteroatoms. The van der Waals surface area contributed by atoms with Gasteiger partial charge in [0.25, 0.3) is 5.91 Å². The molecule has 0 saturated heterocycles. The predicted molar refractivity (Wildman–Crippen MR) is 140 cm³/mol. The Labute approximate surface area is 207 Å². The normalized spacial score (nSPS) is 11.3. The number of hydrogen-bond donors (Lipinski definition) is 2. The topological polar surface area (TPSA) is 106 Å². The number of ketones is 1. The summed E-state index contributed by atoms with van der Waals surface area (Å²) in [5.41, 5.74) is 5.14. The number of anilines is 1. The van der Waals surface area contributed by atoms with Crippen molar-refractivity contribution >= 4 is 40.4 Å². The van der Waals surface area contributed by atoms with Crippen molar-refractivity contribution < 1.29 is 9.59 Å². The maximum atomic E-state index is 13.2. The van der Waals surface area contributed by atoms with Gasteiger partial charge >= 0.3 is 0 Å². The lowest BCUT2D eigenvalue weighted by molar-refractivity contribution is 0.101. The fourth-order valence-corrected chi connectivity index (χ4v) is 4.02. The molecule has 3 heterocycles. The minimum atomic E-state index is -0.271. The highest BCUT2D eigenvalue weighted by Gasteiger charge is 2.16. The Morgan fingerprint density at radius 1 is 1.00 bits per heavy atom. The lowest BCUT2D eigenvalue weighted by atomic mass is 10.0. The summed E-state index contributed by atoms with van der Waals surface area (Å²) in [6.45, 7) is 4.36. The van der Waals surface area contributed by atoms with Gasteiger partial charge in [0, 0.05) is 34.9 Å². The van der Waals surface area contributed by atoms with Crippen molar-refractivity contribution in [1.29, 1.82) is 0 Å². The number of nitrogens with zero attached hydrogens (tertiary/aromatic N) is 4. The van der Waals surface area contributed by atoms with Crippen molar-refractivity contribution in [1.82, 2.24) is 25.0 Å². The van der Waals surface area contributed by atoms with E-state index in [-0.39, 0.29) is 11.7 Å². The van der Waals surface area contributed by atoms with Crippen LogP contribution in [0, 0.1) is 6.92 Å². The van der Waals surface area contributed by atoms with Crippen LogP contribution in [0.25, 0.3) is 23.1 Å². The summed E-state index contributed by atoms with van der Waals surface area (Å²) in [5, 5.41) is 15.5. The van der Waals surface area contributed by atoms with Gasteiger partial charge in [0.15, 0.2) is 5.78 Å². The van der Waals surface area contributed by atoms with Crippen LogP contribution in [-0.2, 0) is 6.54 Å². The molecular formula is C28H24N6O2. The molecule has 0 bridgehead atoms. The summed E-state index contributed by atoms with van der Waals surface area (Å²) in [4.78, 5) is 30.3. The van der Waals surface area contributed by atoms with Gasteiger partial charge in [-0.05, 0) is 68.5 Å². The zero-order chi connectivity index (χ0) is 25.1. The number of pyridine rings is 1.